The Hall–Kier alpha value is -3.15. The highest BCUT2D eigenvalue weighted by molar-refractivity contribution is 5.85. The van der Waals surface area contributed by atoms with Crippen molar-refractivity contribution in [2.45, 2.75) is 32.9 Å². The Kier molecular flexibility index (Phi) is 6.78. The van der Waals surface area contributed by atoms with E-state index in [4.69, 9.17) is 0 Å². The van der Waals surface area contributed by atoms with Crippen LogP contribution in [0.15, 0.2) is 24.3 Å². The lowest BCUT2D eigenvalue weighted by Crippen LogP contribution is -2.49. The van der Waals surface area contributed by atoms with E-state index in [1.807, 2.05) is 4.90 Å². The monoisotopic (exact) mass is 485 g/mol. The van der Waals surface area contributed by atoms with E-state index < -0.39 is 35.7 Å². The van der Waals surface area contributed by atoms with Gasteiger partial charge in [-0.05, 0) is 19.1 Å². The minimum atomic E-state index is -3.06. The smallest absolute Gasteiger partial charge is 0.280 e. The van der Waals surface area contributed by atoms with Crippen molar-refractivity contribution in [2.24, 2.45) is 0 Å². The summed E-state index contributed by atoms with van der Waals surface area (Å²) in [6, 6.07) is 4.63. The first-order valence-electron chi connectivity index (χ1n) is 10.5. The Balaban J connectivity index is 1.47. The maximum atomic E-state index is 13.9. The number of amides is 1. The Morgan fingerprint density at radius 2 is 1.76 bits per heavy atom. The van der Waals surface area contributed by atoms with E-state index in [0.29, 0.717) is 32.2 Å². The van der Waals surface area contributed by atoms with Gasteiger partial charge in [0.2, 0.25) is 5.91 Å². The van der Waals surface area contributed by atoms with Gasteiger partial charge in [-0.25, -0.2) is 36.0 Å². The summed E-state index contributed by atoms with van der Waals surface area (Å²) in [5, 5.41) is 4.05. The van der Waals surface area contributed by atoms with Gasteiger partial charge >= 0.3 is 0 Å². The van der Waals surface area contributed by atoms with Crippen molar-refractivity contribution in [1.82, 2.24) is 24.6 Å². The molecule has 6 nitrogen and oxygen atoms in total. The molecule has 0 unspecified atom stereocenters. The number of hydrogen-bond donors (Lipinski definition) is 0. The number of fused-ring (bicyclic) bond motifs is 1. The van der Waals surface area contributed by atoms with Crippen molar-refractivity contribution in [3.63, 3.8) is 0 Å². The fourth-order valence-corrected chi connectivity index (χ4v) is 4.10. The van der Waals surface area contributed by atoms with Crippen molar-refractivity contribution in [3.05, 3.63) is 58.4 Å². The predicted molar refractivity (Wildman–Crippen MR) is 110 cm³/mol. The molecule has 0 spiro atoms. The van der Waals surface area contributed by atoms with Crippen molar-refractivity contribution >= 4 is 16.9 Å². The van der Waals surface area contributed by atoms with Crippen molar-refractivity contribution in [3.8, 4) is 0 Å². The molecule has 182 valence electrons. The fourth-order valence-electron chi connectivity index (χ4n) is 4.10. The minimum absolute atomic E-state index is 0.0471. The number of benzene rings is 1. The van der Waals surface area contributed by atoms with Crippen LogP contribution in [-0.2, 0) is 17.9 Å². The Labute approximate surface area is 190 Å². The zero-order chi connectivity index (χ0) is 24.6. The number of rotatable bonds is 6. The van der Waals surface area contributed by atoms with E-state index in [2.05, 4.69) is 10.1 Å². The second-order valence-electron chi connectivity index (χ2n) is 8.05. The van der Waals surface area contributed by atoms with Crippen LogP contribution in [0.3, 0.4) is 0 Å². The summed E-state index contributed by atoms with van der Waals surface area (Å²) in [5.41, 5.74) is -1.23. The van der Waals surface area contributed by atoms with E-state index in [-0.39, 0.29) is 41.3 Å². The average Bonchev–Trinajstić information content (AvgIpc) is 3.11. The molecule has 1 fully saturated rings. The average molecular weight is 485 g/mol. The van der Waals surface area contributed by atoms with Crippen molar-refractivity contribution < 1.29 is 31.1 Å². The van der Waals surface area contributed by atoms with Crippen LogP contribution in [0.5, 0.6) is 0 Å². The number of alkyl halides is 4. The zero-order valence-electron chi connectivity index (χ0n) is 18.1. The van der Waals surface area contributed by atoms with E-state index >= 15 is 0 Å². The highest BCUT2D eigenvalue weighted by Gasteiger charge is 2.26. The van der Waals surface area contributed by atoms with Gasteiger partial charge in [0.1, 0.15) is 12.2 Å². The SMILES string of the molecule is Cc1nn(CC(=O)N2CCN(Cc3cccc(F)c3F)CC2)c2nc(C(F)F)cc(C(F)F)c12. The van der Waals surface area contributed by atoms with E-state index in [0.717, 1.165) is 10.7 Å². The second kappa shape index (κ2) is 9.61. The van der Waals surface area contributed by atoms with Gasteiger partial charge in [0.05, 0.1) is 11.1 Å². The molecule has 1 aliphatic heterocycles. The van der Waals surface area contributed by atoms with E-state index in [9.17, 15) is 31.1 Å². The van der Waals surface area contributed by atoms with Crippen molar-refractivity contribution in [2.75, 3.05) is 26.2 Å². The number of nitrogens with zero attached hydrogens (tertiary/aromatic N) is 5. The molecule has 1 aromatic carbocycles. The number of piperazine rings is 1. The zero-order valence-corrected chi connectivity index (χ0v) is 18.1. The summed E-state index contributed by atoms with van der Waals surface area (Å²) < 4.78 is 81.8. The third-order valence-corrected chi connectivity index (χ3v) is 5.82. The standard InChI is InChI=1S/C22H21F6N5O/c1-12-18-14(20(25)26)9-16(21(27)28)29-22(18)33(30-12)11-17(34)32-7-5-31(6-8-32)10-13-3-2-4-15(23)19(13)24/h2-4,9,20-21H,5-8,10-11H2,1H3. The quantitative estimate of drug-likeness (QED) is 0.491. The molecule has 0 N–H and O–H groups in total. The second-order valence-corrected chi connectivity index (χ2v) is 8.05. The molecule has 0 bridgehead atoms. The third-order valence-electron chi connectivity index (χ3n) is 5.82. The van der Waals surface area contributed by atoms with Crippen LogP contribution in [0, 0.1) is 18.6 Å². The Morgan fingerprint density at radius 1 is 1.06 bits per heavy atom. The lowest BCUT2D eigenvalue weighted by molar-refractivity contribution is -0.133. The minimum Gasteiger partial charge on any atom is -0.339 e. The maximum Gasteiger partial charge on any atom is 0.280 e. The molecule has 1 saturated heterocycles. The normalized spacial score (nSPS) is 15.1. The Bertz CT molecular complexity index is 1210. The molecule has 0 saturated carbocycles. The molecule has 0 radical (unpaired) electrons. The molecule has 3 aromatic rings. The number of aryl methyl sites for hydroxylation is 1. The van der Waals surface area contributed by atoms with Gasteiger partial charge in [-0.2, -0.15) is 5.10 Å². The lowest BCUT2D eigenvalue weighted by Gasteiger charge is -2.34. The molecule has 4 rings (SSSR count). The molecular weight excluding hydrogens is 464 g/mol. The van der Waals surface area contributed by atoms with Crippen LogP contribution in [0.25, 0.3) is 11.0 Å². The maximum absolute atomic E-state index is 13.9. The van der Waals surface area contributed by atoms with Gasteiger partial charge in [-0.3, -0.25) is 9.69 Å². The van der Waals surface area contributed by atoms with Crippen LogP contribution in [0.1, 0.15) is 35.4 Å². The first-order valence-corrected chi connectivity index (χ1v) is 10.5. The van der Waals surface area contributed by atoms with Crippen LogP contribution in [0.4, 0.5) is 26.3 Å². The van der Waals surface area contributed by atoms with Gasteiger partial charge in [-0.15, -0.1) is 0 Å². The summed E-state index contributed by atoms with van der Waals surface area (Å²) in [5.74, 6) is -2.21. The topological polar surface area (TPSA) is 54.3 Å². The molecular formula is C22H21F6N5O. The van der Waals surface area contributed by atoms with Gasteiger partial charge in [-0.1, -0.05) is 12.1 Å². The molecule has 34 heavy (non-hydrogen) atoms. The third kappa shape index (κ3) is 4.72. The number of pyridine rings is 1. The fraction of sp³-hybridized carbons (Fsp3) is 0.409. The molecule has 12 heteroatoms. The number of carbonyl (C=O) groups is 1. The first kappa shape index (κ1) is 24.0. The van der Waals surface area contributed by atoms with Gasteiger partial charge in [0, 0.05) is 43.9 Å². The summed E-state index contributed by atoms with van der Waals surface area (Å²) in [6.45, 7) is 2.69. The van der Waals surface area contributed by atoms with E-state index in [1.165, 1.54) is 24.0 Å². The van der Waals surface area contributed by atoms with Crippen molar-refractivity contribution in [1.29, 1.82) is 0 Å². The highest BCUT2D eigenvalue weighted by atomic mass is 19.3. The van der Waals surface area contributed by atoms with Gasteiger partial charge < -0.3 is 4.90 Å². The molecule has 3 heterocycles. The summed E-state index contributed by atoms with van der Waals surface area (Å²) in [4.78, 5) is 20.0. The molecule has 1 amide bonds. The largest absolute Gasteiger partial charge is 0.339 e. The van der Waals surface area contributed by atoms with Crippen LogP contribution < -0.4 is 0 Å². The van der Waals surface area contributed by atoms with Crippen LogP contribution in [0.2, 0.25) is 0 Å². The summed E-state index contributed by atoms with van der Waals surface area (Å²) in [6.07, 6.45) is -6.07. The summed E-state index contributed by atoms with van der Waals surface area (Å²) >= 11 is 0. The molecule has 0 atom stereocenters. The predicted octanol–water partition coefficient (Wildman–Crippen LogP) is 4.24. The number of aromatic nitrogens is 3. The number of hydrogen-bond acceptors (Lipinski definition) is 4. The van der Waals surface area contributed by atoms with Crippen LogP contribution in [-0.4, -0.2) is 56.7 Å². The summed E-state index contributed by atoms with van der Waals surface area (Å²) in [7, 11) is 0. The Morgan fingerprint density at radius 3 is 2.41 bits per heavy atom. The lowest BCUT2D eigenvalue weighted by atomic mass is 10.1. The highest BCUT2D eigenvalue weighted by Crippen LogP contribution is 2.32. The number of halogens is 6. The molecule has 1 aliphatic rings. The molecule has 2 aromatic heterocycles. The van der Waals surface area contributed by atoms with E-state index in [1.54, 1.807) is 0 Å². The van der Waals surface area contributed by atoms with Crippen LogP contribution >= 0.6 is 0 Å². The van der Waals surface area contributed by atoms with Gasteiger partial charge in [0.25, 0.3) is 12.9 Å². The first-order chi connectivity index (χ1) is 16.2. The number of carbonyl (C=O) groups excluding carboxylic acids is 1. The van der Waals surface area contributed by atoms with Gasteiger partial charge in [0.15, 0.2) is 17.3 Å². The molecule has 0 aliphatic carbocycles.